The van der Waals surface area contributed by atoms with E-state index in [0.29, 0.717) is 12.0 Å². The molecule has 1 aromatic rings. The average Bonchev–Trinajstić information content (AvgIpc) is 2.31. The predicted octanol–water partition coefficient (Wildman–Crippen LogP) is 2.60. The lowest BCUT2D eigenvalue weighted by Crippen LogP contribution is -2.51. The zero-order valence-electron chi connectivity index (χ0n) is 11.5. The minimum Gasteiger partial charge on any atom is -0.368 e. The van der Waals surface area contributed by atoms with Crippen LogP contribution >= 0.6 is 0 Å². The third kappa shape index (κ3) is 1.97. The molecule has 0 aromatic carbocycles. The highest BCUT2D eigenvalue weighted by atomic mass is 15.1. The Morgan fingerprint density at radius 2 is 1.68 bits per heavy atom. The summed E-state index contributed by atoms with van der Waals surface area (Å²) in [4.78, 5) is 8.49. The van der Waals surface area contributed by atoms with Crippen LogP contribution in [-0.2, 0) is 0 Å². The molecule has 4 fully saturated rings. The van der Waals surface area contributed by atoms with Crippen molar-refractivity contribution in [2.75, 3.05) is 11.1 Å². The maximum absolute atomic E-state index is 5.75. The standard InChI is InChI=1S/C15H22N4/c1-8-2-13(19-15(16)17-8)18-14-11-4-9-3-10(6-11)7-12(14)5-9/h2,9-12,14H,3-7H2,1H3,(H3,16,17,18,19). The van der Waals surface area contributed by atoms with E-state index >= 15 is 0 Å². The van der Waals surface area contributed by atoms with Gasteiger partial charge in [0.2, 0.25) is 5.95 Å². The second-order valence-corrected chi connectivity index (χ2v) is 6.85. The van der Waals surface area contributed by atoms with Gasteiger partial charge in [-0.15, -0.1) is 0 Å². The van der Waals surface area contributed by atoms with Crippen molar-refractivity contribution in [3.05, 3.63) is 11.8 Å². The van der Waals surface area contributed by atoms with Crippen molar-refractivity contribution in [1.82, 2.24) is 9.97 Å². The summed E-state index contributed by atoms with van der Waals surface area (Å²) < 4.78 is 0. The molecule has 0 saturated heterocycles. The van der Waals surface area contributed by atoms with E-state index in [9.17, 15) is 0 Å². The van der Waals surface area contributed by atoms with Crippen molar-refractivity contribution in [2.45, 2.75) is 45.1 Å². The van der Waals surface area contributed by atoms with Gasteiger partial charge in [0.15, 0.2) is 0 Å². The van der Waals surface area contributed by atoms with Gasteiger partial charge in [0, 0.05) is 17.8 Å². The third-order valence-corrected chi connectivity index (χ3v) is 5.41. The molecule has 0 aliphatic heterocycles. The van der Waals surface area contributed by atoms with Crippen molar-refractivity contribution in [3.8, 4) is 0 Å². The summed E-state index contributed by atoms with van der Waals surface area (Å²) in [6.45, 7) is 1.97. The number of aromatic nitrogens is 2. The Hall–Kier alpha value is -1.32. The van der Waals surface area contributed by atoms with Gasteiger partial charge in [0.05, 0.1) is 0 Å². The van der Waals surface area contributed by atoms with Crippen LogP contribution < -0.4 is 11.1 Å². The normalized spacial score (nSPS) is 39.5. The topological polar surface area (TPSA) is 63.8 Å². The molecule has 1 heterocycles. The van der Waals surface area contributed by atoms with E-state index < -0.39 is 0 Å². The molecule has 4 heteroatoms. The Kier molecular flexibility index (Phi) is 2.47. The van der Waals surface area contributed by atoms with Gasteiger partial charge in [-0.1, -0.05) is 0 Å². The van der Waals surface area contributed by atoms with Gasteiger partial charge in [-0.3, -0.25) is 0 Å². The fourth-order valence-electron chi connectivity index (χ4n) is 5.00. The minimum absolute atomic E-state index is 0.381. The number of anilines is 2. The maximum atomic E-state index is 5.75. The first kappa shape index (κ1) is 11.5. The van der Waals surface area contributed by atoms with Crippen LogP contribution in [0.5, 0.6) is 0 Å². The summed E-state index contributed by atoms with van der Waals surface area (Å²) in [7, 11) is 0. The predicted molar refractivity (Wildman–Crippen MR) is 75.6 cm³/mol. The smallest absolute Gasteiger partial charge is 0.222 e. The summed E-state index contributed by atoms with van der Waals surface area (Å²) >= 11 is 0. The van der Waals surface area contributed by atoms with Crippen molar-refractivity contribution in [1.29, 1.82) is 0 Å². The van der Waals surface area contributed by atoms with E-state index in [1.165, 1.54) is 32.1 Å². The van der Waals surface area contributed by atoms with Crippen LogP contribution in [0.15, 0.2) is 6.07 Å². The summed E-state index contributed by atoms with van der Waals surface area (Å²) in [5.74, 6) is 5.03. The fourth-order valence-corrected chi connectivity index (χ4v) is 5.00. The largest absolute Gasteiger partial charge is 0.368 e. The number of nitrogens with one attached hydrogen (secondary N) is 1. The Morgan fingerprint density at radius 1 is 1.05 bits per heavy atom. The first-order chi connectivity index (χ1) is 9.17. The molecule has 1 aromatic heterocycles. The molecule has 19 heavy (non-hydrogen) atoms. The summed E-state index contributed by atoms with van der Waals surface area (Å²) in [6, 6.07) is 2.63. The van der Waals surface area contributed by atoms with E-state index in [1.807, 2.05) is 13.0 Å². The van der Waals surface area contributed by atoms with Gasteiger partial charge >= 0.3 is 0 Å². The van der Waals surface area contributed by atoms with Crippen molar-refractivity contribution >= 4 is 11.8 Å². The number of aryl methyl sites for hydroxylation is 1. The lowest BCUT2D eigenvalue weighted by Gasteiger charge is -2.54. The van der Waals surface area contributed by atoms with E-state index in [-0.39, 0.29) is 0 Å². The van der Waals surface area contributed by atoms with Gasteiger partial charge in [0.25, 0.3) is 0 Å². The van der Waals surface area contributed by atoms with Crippen LogP contribution in [0.2, 0.25) is 0 Å². The molecular weight excluding hydrogens is 236 g/mol. The van der Waals surface area contributed by atoms with Crippen molar-refractivity contribution in [2.24, 2.45) is 23.7 Å². The van der Waals surface area contributed by atoms with Gasteiger partial charge < -0.3 is 11.1 Å². The van der Waals surface area contributed by atoms with Gasteiger partial charge in [-0.05, 0) is 62.7 Å². The molecule has 4 saturated carbocycles. The lowest BCUT2D eigenvalue weighted by atomic mass is 9.54. The van der Waals surface area contributed by atoms with Crippen LogP contribution in [-0.4, -0.2) is 16.0 Å². The molecule has 5 rings (SSSR count). The molecule has 4 aliphatic carbocycles. The maximum Gasteiger partial charge on any atom is 0.222 e. The van der Waals surface area contributed by atoms with E-state index in [4.69, 9.17) is 5.73 Å². The molecule has 0 unspecified atom stereocenters. The van der Waals surface area contributed by atoms with Crippen LogP contribution in [0.4, 0.5) is 11.8 Å². The third-order valence-electron chi connectivity index (χ3n) is 5.41. The highest BCUT2D eigenvalue weighted by molar-refractivity contribution is 5.41. The van der Waals surface area contributed by atoms with Gasteiger partial charge in [-0.25, -0.2) is 4.98 Å². The first-order valence-electron chi connectivity index (χ1n) is 7.55. The monoisotopic (exact) mass is 258 g/mol. The van der Waals surface area contributed by atoms with Crippen LogP contribution in [0, 0.1) is 30.6 Å². The molecular formula is C15H22N4. The lowest BCUT2D eigenvalue weighted by molar-refractivity contribution is 0.00741. The summed E-state index contributed by atoms with van der Waals surface area (Å²) in [5, 5.41) is 3.67. The molecule has 4 bridgehead atoms. The second-order valence-electron chi connectivity index (χ2n) is 6.85. The van der Waals surface area contributed by atoms with Crippen LogP contribution in [0.25, 0.3) is 0 Å². The van der Waals surface area contributed by atoms with Crippen LogP contribution in [0.3, 0.4) is 0 Å². The summed E-state index contributed by atoms with van der Waals surface area (Å²) in [6.07, 6.45) is 7.18. The molecule has 4 aliphatic rings. The number of nitrogens with zero attached hydrogens (tertiary/aromatic N) is 2. The first-order valence-corrected chi connectivity index (χ1v) is 7.55. The zero-order chi connectivity index (χ0) is 13.0. The number of hydrogen-bond acceptors (Lipinski definition) is 4. The zero-order valence-corrected chi connectivity index (χ0v) is 11.5. The number of nitrogen functional groups attached to an aromatic ring is 1. The Bertz CT molecular complexity index is 451. The average molecular weight is 258 g/mol. The highest BCUT2D eigenvalue weighted by Crippen LogP contribution is 2.54. The molecule has 4 nitrogen and oxygen atoms in total. The Labute approximate surface area is 114 Å². The van der Waals surface area contributed by atoms with E-state index in [2.05, 4.69) is 15.3 Å². The molecule has 0 spiro atoms. The van der Waals surface area contributed by atoms with Gasteiger partial charge in [0.1, 0.15) is 5.82 Å². The molecule has 102 valence electrons. The second kappa shape index (κ2) is 4.09. The quantitative estimate of drug-likeness (QED) is 0.856. The summed E-state index contributed by atoms with van der Waals surface area (Å²) in [5.41, 5.74) is 6.69. The van der Waals surface area contributed by atoms with E-state index in [0.717, 1.165) is 35.2 Å². The fraction of sp³-hybridized carbons (Fsp3) is 0.733. The van der Waals surface area contributed by atoms with Crippen molar-refractivity contribution in [3.63, 3.8) is 0 Å². The minimum atomic E-state index is 0.381. The van der Waals surface area contributed by atoms with Gasteiger partial charge in [-0.2, -0.15) is 4.98 Å². The Morgan fingerprint density at radius 3 is 2.26 bits per heavy atom. The van der Waals surface area contributed by atoms with Crippen molar-refractivity contribution < 1.29 is 0 Å². The SMILES string of the molecule is Cc1cc(NC2C3CC4CC(C3)CC2C4)nc(N)n1. The number of hydrogen-bond donors (Lipinski definition) is 2. The van der Waals surface area contributed by atoms with E-state index in [1.54, 1.807) is 0 Å². The molecule has 3 N–H and O–H groups in total. The number of rotatable bonds is 2. The molecule has 0 radical (unpaired) electrons. The van der Waals surface area contributed by atoms with Crippen LogP contribution in [0.1, 0.15) is 37.8 Å². The molecule has 0 amide bonds. The highest BCUT2D eigenvalue weighted by Gasteiger charge is 2.48. The Balaban J connectivity index is 1.56. The molecule has 0 atom stereocenters. The number of nitrogens with two attached hydrogens (primary N) is 1.